The van der Waals surface area contributed by atoms with Gasteiger partial charge in [0.25, 0.3) is 0 Å². The molecule has 0 radical (unpaired) electrons. The Kier molecular flexibility index (Phi) is 7.48. The lowest BCUT2D eigenvalue weighted by Crippen LogP contribution is -2.39. The third kappa shape index (κ3) is 4.52. The summed E-state index contributed by atoms with van der Waals surface area (Å²) in [6.07, 6.45) is 1.79. The van der Waals surface area contributed by atoms with Crippen molar-refractivity contribution in [3.05, 3.63) is 23.8 Å². The van der Waals surface area contributed by atoms with Crippen molar-refractivity contribution in [1.82, 2.24) is 10.6 Å². The first-order valence-corrected chi connectivity index (χ1v) is 7.38. The Morgan fingerprint density at radius 3 is 2.55 bits per heavy atom. The van der Waals surface area contributed by atoms with Gasteiger partial charge < -0.3 is 20.1 Å². The summed E-state index contributed by atoms with van der Waals surface area (Å²) in [6.45, 7) is 3.79. The van der Waals surface area contributed by atoms with Crippen LogP contribution in [0.25, 0.3) is 0 Å². The van der Waals surface area contributed by atoms with Gasteiger partial charge in [0.2, 0.25) is 5.91 Å². The van der Waals surface area contributed by atoms with Gasteiger partial charge in [0, 0.05) is 11.5 Å². The summed E-state index contributed by atoms with van der Waals surface area (Å²) in [6, 6.07) is 5.51. The number of rotatable bonds is 5. The lowest BCUT2D eigenvalue weighted by molar-refractivity contribution is -0.126. The zero-order valence-electron chi connectivity index (χ0n) is 13.3. The van der Waals surface area contributed by atoms with Crippen LogP contribution in [0.2, 0.25) is 0 Å². The number of methoxy groups -OCH3 is 2. The quantitative estimate of drug-likeness (QED) is 0.870. The molecular weight excluding hydrogens is 304 g/mol. The van der Waals surface area contributed by atoms with E-state index in [9.17, 15) is 4.79 Å². The normalized spacial score (nSPS) is 16.3. The maximum atomic E-state index is 12.3. The molecule has 5 nitrogen and oxygen atoms in total. The van der Waals surface area contributed by atoms with Gasteiger partial charge in [-0.2, -0.15) is 0 Å². The first-order chi connectivity index (χ1) is 10.2. The molecule has 1 aromatic rings. The Morgan fingerprint density at radius 1 is 1.27 bits per heavy atom. The van der Waals surface area contributed by atoms with Crippen LogP contribution < -0.4 is 20.1 Å². The zero-order chi connectivity index (χ0) is 15.2. The molecule has 1 unspecified atom stereocenters. The van der Waals surface area contributed by atoms with Crippen LogP contribution >= 0.6 is 12.4 Å². The number of carbonyl (C=O) groups is 1. The molecular formula is C16H25ClN2O3. The molecule has 0 aromatic heterocycles. The highest BCUT2D eigenvalue weighted by atomic mass is 35.5. The van der Waals surface area contributed by atoms with Crippen molar-refractivity contribution in [3.8, 4) is 11.5 Å². The third-order valence-electron chi connectivity index (χ3n) is 3.97. The Morgan fingerprint density at radius 2 is 1.95 bits per heavy atom. The molecule has 0 saturated carbocycles. The van der Waals surface area contributed by atoms with Crippen molar-refractivity contribution in [3.63, 3.8) is 0 Å². The number of halogens is 1. The predicted octanol–water partition coefficient (Wildman–Crippen LogP) is 2.30. The number of benzene rings is 1. The van der Waals surface area contributed by atoms with E-state index < -0.39 is 0 Å². The molecule has 0 spiro atoms. The number of nitrogens with one attached hydrogen (secondary N) is 2. The summed E-state index contributed by atoms with van der Waals surface area (Å²) in [5.74, 6) is 1.74. The smallest absolute Gasteiger partial charge is 0.223 e. The second-order valence-electron chi connectivity index (χ2n) is 5.36. The van der Waals surface area contributed by atoms with Crippen LogP contribution in [0.5, 0.6) is 11.5 Å². The van der Waals surface area contributed by atoms with Crippen LogP contribution in [0.3, 0.4) is 0 Å². The first-order valence-electron chi connectivity index (χ1n) is 7.38. The second-order valence-corrected chi connectivity index (χ2v) is 5.36. The summed E-state index contributed by atoms with van der Waals surface area (Å²) in [7, 11) is 3.26. The first kappa shape index (κ1) is 18.6. The van der Waals surface area contributed by atoms with E-state index in [4.69, 9.17) is 9.47 Å². The molecule has 1 aliphatic heterocycles. The molecule has 0 aliphatic carbocycles. The van der Waals surface area contributed by atoms with Gasteiger partial charge in [0.15, 0.2) is 0 Å². The molecule has 1 aliphatic rings. The van der Waals surface area contributed by atoms with Gasteiger partial charge in [-0.15, -0.1) is 12.4 Å². The fourth-order valence-corrected chi connectivity index (χ4v) is 2.67. The summed E-state index contributed by atoms with van der Waals surface area (Å²) in [5.41, 5.74) is 0.930. The van der Waals surface area contributed by atoms with Crippen molar-refractivity contribution >= 4 is 18.3 Å². The van der Waals surface area contributed by atoms with Gasteiger partial charge in [0.05, 0.1) is 20.3 Å². The van der Waals surface area contributed by atoms with E-state index in [2.05, 4.69) is 10.6 Å². The number of amides is 1. The summed E-state index contributed by atoms with van der Waals surface area (Å²) >= 11 is 0. The molecule has 22 heavy (non-hydrogen) atoms. The largest absolute Gasteiger partial charge is 0.497 e. The van der Waals surface area contributed by atoms with E-state index in [1.807, 2.05) is 25.1 Å². The van der Waals surface area contributed by atoms with Gasteiger partial charge in [-0.1, -0.05) is 0 Å². The van der Waals surface area contributed by atoms with Crippen molar-refractivity contribution < 1.29 is 14.3 Å². The standard InChI is InChI=1S/C16H24N2O3.ClH/c1-11(18-16(19)12-6-8-17-9-7-12)14-10-13(20-2)4-5-15(14)21-3;/h4-5,10-12,17H,6-9H2,1-3H3,(H,18,19);1H. The van der Waals surface area contributed by atoms with Crippen molar-refractivity contribution in [2.45, 2.75) is 25.8 Å². The van der Waals surface area contributed by atoms with Gasteiger partial charge in [0.1, 0.15) is 11.5 Å². The molecule has 0 bridgehead atoms. The Bertz CT molecular complexity index is 490. The van der Waals surface area contributed by atoms with Crippen LogP contribution in [0, 0.1) is 5.92 Å². The number of hydrogen-bond acceptors (Lipinski definition) is 4. The number of hydrogen-bond donors (Lipinski definition) is 2. The van der Waals surface area contributed by atoms with Crippen LogP contribution in [0.15, 0.2) is 18.2 Å². The molecule has 6 heteroatoms. The SMILES string of the molecule is COc1ccc(OC)c(C(C)NC(=O)C2CCNCC2)c1.Cl. The molecule has 1 heterocycles. The van der Waals surface area contributed by atoms with Gasteiger partial charge in [-0.3, -0.25) is 4.79 Å². The minimum Gasteiger partial charge on any atom is -0.497 e. The highest BCUT2D eigenvalue weighted by molar-refractivity contribution is 5.85. The maximum Gasteiger partial charge on any atom is 0.223 e. The van der Waals surface area contributed by atoms with Crippen molar-refractivity contribution in [2.75, 3.05) is 27.3 Å². The molecule has 1 aromatic carbocycles. The molecule has 1 fully saturated rings. The van der Waals surface area contributed by atoms with E-state index in [1.54, 1.807) is 14.2 Å². The second kappa shape index (κ2) is 8.86. The molecule has 124 valence electrons. The van der Waals surface area contributed by atoms with Crippen LogP contribution in [0.1, 0.15) is 31.4 Å². The zero-order valence-corrected chi connectivity index (χ0v) is 14.2. The summed E-state index contributed by atoms with van der Waals surface area (Å²) in [4.78, 5) is 12.3. The highest BCUT2D eigenvalue weighted by Gasteiger charge is 2.23. The number of piperidine rings is 1. The van der Waals surface area contributed by atoms with E-state index in [0.717, 1.165) is 43.0 Å². The van der Waals surface area contributed by atoms with Gasteiger partial charge in [-0.05, 0) is 51.1 Å². The molecule has 1 amide bonds. The monoisotopic (exact) mass is 328 g/mol. The fraction of sp³-hybridized carbons (Fsp3) is 0.562. The lowest BCUT2D eigenvalue weighted by atomic mass is 9.96. The predicted molar refractivity (Wildman–Crippen MR) is 88.9 cm³/mol. The van der Waals surface area contributed by atoms with E-state index >= 15 is 0 Å². The third-order valence-corrected chi connectivity index (χ3v) is 3.97. The van der Waals surface area contributed by atoms with E-state index in [1.165, 1.54) is 0 Å². The molecule has 2 rings (SSSR count). The molecule has 1 saturated heterocycles. The van der Waals surface area contributed by atoms with E-state index in [0.29, 0.717) is 0 Å². The van der Waals surface area contributed by atoms with Crippen LogP contribution in [0.4, 0.5) is 0 Å². The molecule has 2 N–H and O–H groups in total. The molecule has 1 atom stereocenters. The summed E-state index contributed by atoms with van der Waals surface area (Å²) < 4.78 is 10.6. The minimum atomic E-state index is -0.113. The van der Waals surface area contributed by atoms with Crippen molar-refractivity contribution in [1.29, 1.82) is 0 Å². The Labute approximate surface area is 138 Å². The Hall–Kier alpha value is -1.46. The summed E-state index contributed by atoms with van der Waals surface area (Å²) in [5, 5.41) is 6.36. The fourth-order valence-electron chi connectivity index (χ4n) is 2.67. The average molecular weight is 329 g/mol. The van der Waals surface area contributed by atoms with Gasteiger partial charge >= 0.3 is 0 Å². The van der Waals surface area contributed by atoms with Crippen LogP contribution in [-0.2, 0) is 4.79 Å². The van der Waals surface area contributed by atoms with E-state index in [-0.39, 0.29) is 30.3 Å². The Balaban J connectivity index is 0.00000242. The topological polar surface area (TPSA) is 59.6 Å². The number of ether oxygens (including phenoxy) is 2. The maximum absolute atomic E-state index is 12.3. The highest BCUT2D eigenvalue weighted by Crippen LogP contribution is 2.29. The average Bonchev–Trinajstić information content (AvgIpc) is 2.54. The minimum absolute atomic E-state index is 0. The van der Waals surface area contributed by atoms with Gasteiger partial charge in [-0.25, -0.2) is 0 Å². The lowest BCUT2D eigenvalue weighted by Gasteiger charge is -2.25. The van der Waals surface area contributed by atoms with Crippen molar-refractivity contribution in [2.24, 2.45) is 5.92 Å². The number of carbonyl (C=O) groups excluding carboxylic acids is 1. The van der Waals surface area contributed by atoms with Crippen LogP contribution in [-0.4, -0.2) is 33.2 Å².